The van der Waals surface area contributed by atoms with E-state index in [1.165, 1.54) is 0 Å². The number of likely N-dealkylation sites (N-methyl/N-ethyl adjacent to an activating group) is 1. The lowest BCUT2D eigenvalue weighted by atomic mass is 9.86. The van der Waals surface area contributed by atoms with Gasteiger partial charge in [0, 0.05) is 48.3 Å². The molecule has 1 fully saturated rings. The summed E-state index contributed by atoms with van der Waals surface area (Å²) in [5.41, 5.74) is 8.42. The fraction of sp³-hybridized carbons (Fsp3) is 0.591. The predicted octanol–water partition coefficient (Wildman–Crippen LogP) is 3.50. The van der Waals surface area contributed by atoms with Gasteiger partial charge < -0.3 is 15.4 Å². The van der Waals surface area contributed by atoms with Crippen LogP contribution in [0.5, 0.6) is 0 Å². The average Bonchev–Trinajstić information content (AvgIpc) is 2.70. The Morgan fingerprint density at radius 3 is 2.79 bits per heavy atom. The normalized spacial score (nSPS) is 17.9. The quantitative estimate of drug-likeness (QED) is 0.693. The second-order valence-electron chi connectivity index (χ2n) is 7.93. The number of hydrogen-bond donors (Lipinski definition) is 1. The summed E-state index contributed by atoms with van der Waals surface area (Å²) >= 11 is 6.12. The van der Waals surface area contributed by atoms with E-state index in [0.717, 1.165) is 81.8 Å². The SMILES string of the molecule is CCN(CCCC(C)(N)c1ccnc2cc(Cl)ccc12)CCN1CCOCC1. The van der Waals surface area contributed by atoms with Crippen molar-refractivity contribution in [1.82, 2.24) is 14.8 Å². The summed E-state index contributed by atoms with van der Waals surface area (Å²) in [6.07, 6.45) is 3.84. The molecule has 1 aromatic heterocycles. The number of rotatable bonds is 9. The summed E-state index contributed by atoms with van der Waals surface area (Å²) in [4.78, 5) is 9.46. The van der Waals surface area contributed by atoms with Crippen LogP contribution in [-0.2, 0) is 10.3 Å². The van der Waals surface area contributed by atoms with Crippen LogP contribution in [0.4, 0.5) is 0 Å². The molecular formula is C22H33ClN4O. The number of fused-ring (bicyclic) bond motifs is 1. The van der Waals surface area contributed by atoms with Crippen LogP contribution in [-0.4, -0.2) is 67.3 Å². The van der Waals surface area contributed by atoms with Crippen LogP contribution in [0.2, 0.25) is 5.02 Å². The third-order valence-electron chi connectivity index (χ3n) is 5.77. The van der Waals surface area contributed by atoms with E-state index in [-0.39, 0.29) is 0 Å². The van der Waals surface area contributed by atoms with E-state index in [2.05, 4.69) is 28.6 Å². The summed E-state index contributed by atoms with van der Waals surface area (Å²) in [6, 6.07) is 7.90. The summed E-state index contributed by atoms with van der Waals surface area (Å²) in [5, 5.41) is 1.80. The highest BCUT2D eigenvalue weighted by Crippen LogP contribution is 2.30. The number of hydrogen-bond acceptors (Lipinski definition) is 5. The van der Waals surface area contributed by atoms with Crippen molar-refractivity contribution in [1.29, 1.82) is 0 Å². The molecule has 1 atom stereocenters. The maximum absolute atomic E-state index is 6.76. The molecule has 1 aliphatic rings. The Kier molecular flexibility index (Phi) is 7.66. The molecule has 1 aliphatic heterocycles. The molecule has 154 valence electrons. The van der Waals surface area contributed by atoms with Gasteiger partial charge in [0.05, 0.1) is 18.7 Å². The lowest BCUT2D eigenvalue weighted by Gasteiger charge is -2.31. The van der Waals surface area contributed by atoms with Crippen molar-refractivity contribution in [2.45, 2.75) is 32.2 Å². The zero-order valence-electron chi connectivity index (χ0n) is 17.2. The van der Waals surface area contributed by atoms with Crippen molar-refractivity contribution in [3.63, 3.8) is 0 Å². The Morgan fingerprint density at radius 2 is 2.04 bits per heavy atom. The number of benzene rings is 1. The molecule has 2 aromatic rings. The fourth-order valence-corrected chi connectivity index (χ4v) is 4.13. The first kappa shape index (κ1) is 21.5. The van der Waals surface area contributed by atoms with Gasteiger partial charge in [0.1, 0.15) is 0 Å². The molecule has 1 saturated heterocycles. The van der Waals surface area contributed by atoms with Crippen molar-refractivity contribution in [2.75, 3.05) is 52.5 Å². The Morgan fingerprint density at radius 1 is 1.25 bits per heavy atom. The molecule has 28 heavy (non-hydrogen) atoms. The van der Waals surface area contributed by atoms with Crippen LogP contribution in [0.15, 0.2) is 30.5 Å². The number of nitrogens with zero attached hydrogens (tertiary/aromatic N) is 3. The number of ether oxygens (including phenoxy) is 1. The number of nitrogens with two attached hydrogens (primary N) is 1. The van der Waals surface area contributed by atoms with Crippen LogP contribution < -0.4 is 5.73 Å². The molecule has 0 radical (unpaired) electrons. The third-order valence-corrected chi connectivity index (χ3v) is 6.01. The van der Waals surface area contributed by atoms with E-state index >= 15 is 0 Å². The molecule has 0 aliphatic carbocycles. The largest absolute Gasteiger partial charge is 0.379 e. The smallest absolute Gasteiger partial charge is 0.0720 e. The van der Waals surface area contributed by atoms with Gasteiger partial charge >= 0.3 is 0 Å². The van der Waals surface area contributed by atoms with Crippen molar-refractivity contribution in [3.8, 4) is 0 Å². The lowest BCUT2D eigenvalue weighted by Crippen LogP contribution is -2.42. The summed E-state index contributed by atoms with van der Waals surface area (Å²) < 4.78 is 5.43. The highest BCUT2D eigenvalue weighted by Gasteiger charge is 2.23. The first-order valence-electron chi connectivity index (χ1n) is 10.4. The molecule has 0 amide bonds. The maximum Gasteiger partial charge on any atom is 0.0720 e. The Labute approximate surface area is 173 Å². The second-order valence-corrected chi connectivity index (χ2v) is 8.37. The van der Waals surface area contributed by atoms with E-state index < -0.39 is 5.54 Å². The number of aromatic nitrogens is 1. The monoisotopic (exact) mass is 404 g/mol. The van der Waals surface area contributed by atoms with Crippen molar-refractivity contribution < 1.29 is 4.74 Å². The van der Waals surface area contributed by atoms with Crippen LogP contribution >= 0.6 is 11.6 Å². The van der Waals surface area contributed by atoms with E-state index in [1.807, 2.05) is 30.5 Å². The van der Waals surface area contributed by atoms with E-state index in [1.54, 1.807) is 0 Å². The van der Waals surface area contributed by atoms with Gasteiger partial charge in [0.2, 0.25) is 0 Å². The Balaban J connectivity index is 1.55. The van der Waals surface area contributed by atoms with Crippen molar-refractivity contribution >= 4 is 22.5 Å². The number of morpholine rings is 1. The minimum Gasteiger partial charge on any atom is -0.379 e. The van der Waals surface area contributed by atoms with Crippen LogP contribution in [0.3, 0.4) is 0 Å². The molecule has 6 heteroatoms. The second kappa shape index (κ2) is 9.99. The molecule has 1 unspecified atom stereocenters. The summed E-state index contributed by atoms with van der Waals surface area (Å²) in [6.45, 7) is 12.6. The van der Waals surface area contributed by atoms with Gasteiger partial charge in [-0.2, -0.15) is 0 Å². The van der Waals surface area contributed by atoms with Gasteiger partial charge in [-0.1, -0.05) is 24.6 Å². The van der Waals surface area contributed by atoms with Gasteiger partial charge in [0.15, 0.2) is 0 Å². The van der Waals surface area contributed by atoms with Crippen LogP contribution in [0.1, 0.15) is 32.3 Å². The number of halogens is 1. The van der Waals surface area contributed by atoms with Gasteiger partial charge in [0.25, 0.3) is 0 Å². The summed E-state index contributed by atoms with van der Waals surface area (Å²) in [7, 11) is 0. The molecule has 0 bridgehead atoms. The van der Waals surface area contributed by atoms with E-state index in [4.69, 9.17) is 22.1 Å². The minimum atomic E-state index is -0.390. The lowest BCUT2D eigenvalue weighted by molar-refractivity contribution is 0.0334. The third kappa shape index (κ3) is 5.65. The standard InChI is InChI=1S/C22H33ClN4O/c1-3-26(11-12-27-13-15-28-16-14-27)10-4-8-22(2,24)20-7-9-25-21-17-18(23)5-6-19(20)21/h5-7,9,17H,3-4,8,10-16,24H2,1-2H3. The number of pyridine rings is 1. The highest BCUT2D eigenvalue weighted by molar-refractivity contribution is 6.31. The topological polar surface area (TPSA) is 54.6 Å². The summed E-state index contributed by atoms with van der Waals surface area (Å²) in [5.74, 6) is 0. The Hall–Kier alpha value is -1.24. The van der Waals surface area contributed by atoms with Crippen LogP contribution in [0.25, 0.3) is 10.9 Å². The van der Waals surface area contributed by atoms with E-state index in [9.17, 15) is 0 Å². The molecule has 2 heterocycles. The molecular weight excluding hydrogens is 372 g/mol. The molecule has 1 aromatic carbocycles. The zero-order valence-corrected chi connectivity index (χ0v) is 17.9. The molecule has 5 nitrogen and oxygen atoms in total. The Bertz CT molecular complexity index is 761. The predicted molar refractivity (Wildman–Crippen MR) is 117 cm³/mol. The van der Waals surface area contributed by atoms with Gasteiger partial charge in [-0.15, -0.1) is 0 Å². The molecule has 3 rings (SSSR count). The highest BCUT2D eigenvalue weighted by atomic mass is 35.5. The van der Waals surface area contributed by atoms with Crippen LogP contribution in [0, 0.1) is 0 Å². The van der Waals surface area contributed by atoms with Gasteiger partial charge in [-0.25, -0.2) is 0 Å². The first-order chi connectivity index (χ1) is 13.5. The maximum atomic E-state index is 6.76. The van der Waals surface area contributed by atoms with Crippen molar-refractivity contribution in [3.05, 3.63) is 41.0 Å². The fourth-order valence-electron chi connectivity index (χ4n) is 3.96. The molecule has 0 saturated carbocycles. The first-order valence-corrected chi connectivity index (χ1v) is 10.7. The van der Waals surface area contributed by atoms with Gasteiger partial charge in [-0.3, -0.25) is 9.88 Å². The molecule has 2 N–H and O–H groups in total. The minimum absolute atomic E-state index is 0.390. The molecule has 0 spiro atoms. The van der Waals surface area contributed by atoms with Gasteiger partial charge in [-0.05, 0) is 56.6 Å². The van der Waals surface area contributed by atoms with E-state index in [0.29, 0.717) is 5.02 Å². The average molecular weight is 405 g/mol. The van der Waals surface area contributed by atoms with Crippen molar-refractivity contribution in [2.24, 2.45) is 5.73 Å². The zero-order chi connectivity index (χ0) is 20.0.